The molecule has 0 aliphatic rings. The van der Waals surface area contributed by atoms with Crippen molar-refractivity contribution in [2.24, 2.45) is 5.41 Å². The van der Waals surface area contributed by atoms with Crippen molar-refractivity contribution < 1.29 is 14.7 Å². The highest BCUT2D eigenvalue weighted by Gasteiger charge is 2.32. The summed E-state index contributed by atoms with van der Waals surface area (Å²) in [6.07, 6.45) is 1.28. The lowest BCUT2D eigenvalue weighted by Gasteiger charge is -2.27. The Balaban J connectivity index is 2.62. The second-order valence-corrected chi connectivity index (χ2v) is 4.71. The van der Waals surface area contributed by atoms with Crippen LogP contribution < -0.4 is 5.32 Å². The molecule has 8 heteroatoms. The molecule has 0 saturated heterocycles. The van der Waals surface area contributed by atoms with Crippen molar-refractivity contribution in [3.63, 3.8) is 0 Å². The van der Waals surface area contributed by atoms with Crippen molar-refractivity contribution >= 4 is 11.9 Å². The van der Waals surface area contributed by atoms with Gasteiger partial charge in [0.25, 0.3) is 0 Å². The molecule has 1 aromatic heterocycles. The first kappa shape index (κ1) is 13.1. The average Bonchev–Trinajstić information content (AvgIpc) is 2.64. The molecule has 2 N–H and O–H groups in total. The maximum Gasteiger partial charge on any atom is 0.326 e. The number of carboxylic acid groups (broad SMARTS) is 1. The van der Waals surface area contributed by atoms with Crippen LogP contribution in [0.25, 0.3) is 0 Å². The second-order valence-electron chi connectivity index (χ2n) is 4.71. The van der Waals surface area contributed by atoms with Crippen LogP contribution in [0.5, 0.6) is 0 Å². The number of tetrazole rings is 1. The molecule has 0 aliphatic heterocycles. The van der Waals surface area contributed by atoms with Crippen LogP contribution in [0.4, 0.5) is 0 Å². The molecule has 0 saturated carbocycles. The van der Waals surface area contributed by atoms with Gasteiger partial charge in [0.1, 0.15) is 18.9 Å². The topological polar surface area (TPSA) is 110 Å². The van der Waals surface area contributed by atoms with Crippen LogP contribution in [0.15, 0.2) is 6.33 Å². The maximum absolute atomic E-state index is 11.6. The first-order valence-corrected chi connectivity index (χ1v) is 5.03. The molecule has 17 heavy (non-hydrogen) atoms. The number of carboxylic acids is 1. The third-order valence-corrected chi connectivity index (χ3v) is 2.12. The summed E-state index contributed by atoms with van der Waals surface area (Å²) in [5, 5.41) is 21.7. The molecule has 0 fully saturated rings. The predicted octanol–water partition coefficient (Wildman–Crippen LogP) is -0.711. The SMILES string of the molecule is CC(C)(C)C(NC(=O)Cn1cnnn1)C(=O)O. The number of nitrogens with zero attached hydrogens (tertiary/aromatic N) is 4. The molecule has 1 amide bonds. The zero-order valence-corrected chi connectivity index (χ0v) is 9.91. The quantitative estimate of drug-likeness (QED) is 0.720. The van der Waals surface area contributed by atoms with E-state index in [9.17, 15) is 9.59 Å². The van der Waals surface area contributed by atoms with Crippen LogP contribution >= 0.6 is 0 Å². The van der Waals surface area contributed by atoms with Gasteiger partial charge in [-0.15, -0.1) is 5.10 Å². The largest absolute Gasteiger partial charge is 0.480 e. The van der Waals surface area contributed by atoms with Gasteiger partial charge in [0.15, 0.2) is 0 Å². The van der Waals surface area contributed by atoms with E-state index in [1.54, 1.807) is 20.8 Å². The Morgan fingerprint density at radius 2 is 2.12 bits per heavy atom. The van der Waals surface area contributed by atoms with Crippen LogP contribution in [0.2, 0.25) is 0 Å². The maximum atomic E-state index is 11.6. The van der Waals surface area contributed by atoms with E-state index in [4.69, 9.17) is 5.11 Å². The van der Waals surface area contributed by atoms with E-state index in [0.29, 0.717) is 0 Å². The molecule has 0 spiro atoms. The lowest BCUT2D eigenvalue weighted by atomic mass is 9.87. The van der Waals surface area contributed by atoms with E-state index in [0.717, 1.165) is 0 Å². The Bertz CT molecular complexity index is 395. The van der Waals surface area contributed by atoms with E-state index >= 15 is 0 Å². The third-order valence-electron chi connectivity index (χ3n) is 2.12. The fourth-order valence-corrected chi connectivity index (χ4v) is 1.26. The van der Waals surface area contributed by atoms with Gasteiger partial charge in [-0.2, -0.15) is 0 Å². The Kier molecular flexibility index (Phi) is 3.77. The number of carbonyl (C=O) groups is 2. The van der Waals surface area contributed by atoms with Crippen molar-refractivity contribution in [1.29, 1.82) is 0 Å². The molecule has 1 heterocycles. The molecule has 1 unspecified atom stereocenters. The molecular weight excluding hydrogens is 226 g/mol. The van der Waals surface area contributed by atoms with E-state index in [2.05, 4.69) is 20.8 Å². The van der Waals surface area contributed by atoms with Crippen LogP contribution in [0.1, 0.15) is 20.8 Å². The molecular formula is C9H15N5O3. The smallest absolute Gasteiger partial charge is 0.326 e. The van der Waals surface area contributed by atoms with E-state index in [1.165, 1.54) is 11.0 Å². The number of amides is 1. The van der Waals surface area contributed by atoms with Gasteiger partial charge in [0.05, 0.1) is 0 Å². The van der Waals surface area contributed by atoms with Gasteiger partial charge < -0.3 is 10.4 Å². The molecule has 1 atom stereocenters. The standard InChI is InChI=1S/C9H15N5O3/c1-9(2,3)7(8(16)17)11-6(15)4-14-5-10-12-13-14/h5,7H,4H2,1-3H3,(H,11,15)(H,16,17). The van der Waals surface area contributed by atoms with Crippen molar-refractivity contribution in [2.75, 3.05) is 0 Å². The lowest BCUT2D eigenvalue weighted by Crippen LogP contribution is -2.50. The Morgan fingerprint density at radius 3 is 2.53 bits per heavy atom. The molecule has 0 aromatic carbocycles. The lowest BCUT2D eigenvalue weighted by molar-refractivity contribution is -0.145. The van der Waals surface area contributed by atoms with Crippen LogP contribution in [0, 0.1) is 5.41 Å². The van der Waals surface area contributed by atoms with Gasteiger partial charge in [-0.3, -0.25) is 4.79 Å². The first-order valence-electron chi connectivity index (χ1n) is 5.03. The van der Waals surface area contributed by atoms with E-state index in [1.807, 2.05) is 0 Å². The molecule has 0 radical (unpaired) electrons. The Hall–Kier alpha value is -1.99. The number of nitrogens with one attached hydrogen (secondary N) is 1. The van der Waals surface area contributed by atoms with E-state index in [-0.39, 0.29) is 6.54 Å². The Morgan fingerprint density at radius 1 is 1.47 bits per heavy atom. The summed E-state index contributed by atoms with van der Waals surface area (Å²) in [7, 11) is 0. The van der Waals surface area contributed by atoms with Crippen molar-refractivity contribution in [3.05, 3.63) is 6.33 Å². The summed E-state index contributed by atoms with van der Waals surface area (Å²) in [5.74, 6) is -1.51. The highest BCUT2D eigenvalue weighted by atomic mass is 16.4. The van der Waals surface area contributed by atoms with Crippen molar-refractivity contribution in [3.8, 4) is 0 Å². The summed E-state index contributed by atoms with van der Waals surface area (Å²) in [5.41, 5.74) is -0.567. The third kappa shape index (κ3) is 3.82. The first-order chi connectivity index (χ1) is 7.80. The van der Waals surface area contributed by atoms with Gasteiger partial charge in [-0.25, -0.2) is 9.48 Å². The summed E-state index contributed by atoms with van der Waals surface area (Å²) in [6, 6.07) is -0.952. The molecule has 8 nitrogen and oxygen atoms in total. The summed E-state index contributed by atoms with van der Waals surface area (Å²) >= 11 is 0. The highest BCUT2D eigenvalue weighted by Crippen LogP contribution is 2.19. The number of hydrogen-bond donors (Lipinski definition) is 2. The molecule has 0 aliphatic carbocycles. The van der Waals surface area contributed by atoms with Crippen LogP contribution in [0.3, 0.4) is 0 Å². The molecule has 1 rings (SSSR count). The zero-order chi connectivity index (χ0) is 13.1. The number of aromatic nitrogens is 4. The van der Waals surface area contributed by atoms with Crippen LogP contribution in [-0.4, -0.2) is 43.2 Å². The molecule has 94 valence electrons. The van der Waals surface area contributed by atoms with Crippen molar-refractivity contribution in [1.82, 2.24) is 25.5 Å². The molecule has 1 aromatic rings. The number of rotatable bonds is 4. The number of carbonyl (C=O) groups excluding carboxylic acids is 1. The normalized spacial score (nSPS) is 13.1. The van der Waals surface area contributed by atoms with Crippen molar-refractivity contribution in [2.45, 2.75) is 33.4 Å². The zero-order valence-electron chi connectivity index (χ0n) is 9.91. The summed E-state index contributed by atoms with van der Waals surface area (Å²) < 4.78 is 1.22. The average molecular weight is 241 g/mol. The minimum absolute atomic E-state index is 0.104. The number of hydrogen-bond acceptors (Lipinski definition) is 5. The number of aliphatic carboxylic acids is 1. The summed E-state index contributed by atoms with van der Waals surface area (Å²) in [4.78, 5) is 22.6. The van der Waals surface area contributed by atoms with Crippen LogP contribution in [-0.2, 0) is 16.1 Å². The summed E-state index contributed by atoms with van der Waals surface area (Å²) in [6.45, 7) is 5.11. The predicted molar refractivity (Wildman–Crippen MR) is 56.8 cm³/mol. The van der Waals surface area contributed by atoms with Gasteiger partial charge in [0, 0.05) is 0 Å². The Labute approximate surface area is 98.0 Å². The fourth-order valence-electron chi connectivity index (χ4n) is 1.26. The van der Waals surface area contributed by atoms with Gasteiger partial charge in [-0.1, -0.05) is 20.8 Å². The monoisotopic (exact) mass is 241 g/mol. The fraction of sp³-hybridized carbons (Fsp3) is 0.667. The van der Waals surface area contributed by atoms with Gasteiger partial charge in [0.2, 0.25) is 5.91 Å². The second kappa shape index (κ2) is 4.89. The molecule has 0 bridgehead atoms. The van der Waals surface area contributed by atoms with Gasteiger partial charge in [-0.05, 0) is 15.8 Å². The van der Waals surface area contributed by atoms with Gasteiger partial charge >= 0.3 is 5.97 Å². The minimum atomic E-state index is -1.07. The van der Waals surface area contributed by atoms with E-state index < -0.39 is 23.3 Å². The highest BCUT2D eigenvalue weighted by molar-refractivity contribution is 5.83. The minimum Gasteiger partial charge on any atom is -0.480 e.